The number of morpholine rings is 1. The fourth-order valence-electron chi connectivity index (χ4n) is 3.28. The van der Waals surface area contributed by atoms with E-state index < -0.39 is 23.7 Å². The van der Waals surface area contributed by atoms with E-state index in [0.29, 0.717) is 24.7 Å². The monoisotopic (exact) mass is 360 g/mol. The third-order valence-corrected chi connectivity index (χ3v) is 4.51. The van der Waals surface area contributed by atoms with Crippen LogP contribution in [-0.2, 0) is 16.1 Å². The van der Waals surface area contributed by atoms with Gasteiger partial charge in [0.15, 0.2) is 0 Å². The van der Waals surface area contributed by atoms with E-state index in [1.54, 1.807) is 4.90 Å². The van der Waals surface area contributed by atoms with Crippen LogP contribution < -0.4 is 15.4 Å². The highest BCUT2D eigenvalue weighted by Gasteiger charge is 2.48. The van der Waals surface area contributed by atoms with Crippen LogP contribution in [0, 0.1) is 0 Å². The number of hydrogen-bond donors (Lipinski definition) is 0. The molecule has 0 spiro atoms. The zero-order valence-electron chi connectivity index (χ0n) is 13.9. The molecule has 2 unspecified atom stereocenters. The molecule has 0 N–H and O–H groups in total. The molecule has 1 aromatic heterocycles. The van der Waals surface area contributed by atoms with Gasteiger partial charge in [0.25, 0.3) is 5.56 Å². The average Bonchev–Trinajstić information content (AvgIpc) is 2.53. The molecule has 1 aromatic rings. The van der Waals surface area contributed by atoms with Gasteiger partial charge in [0.1, 0.15) is 11.9 Å². The largest absolute Gasteiger partial charge is 0.409 e. The highest BCUT2D eigenvalue weighted by molar-refractivity contribution is 5.91. The predicted octanol–water partition coefficient (Wildman–Crippen LogP) is 1.16. The van der Waals surface area contributed by atoms with Crippen molar-refractivity contribution >= 4 is 17.7 Å². The summed E-state index contributed by atoms with van der Waals surface area (Å²) in [7, 11) is 0. The SMILES string of the molecule is CC(=O)N1c2nc(N3CCOCC3C)cc(=O)n2CCC1C(F)(F)F. The minimum atomic E-state index is -4.59. The lowest BCUT2D eigenvalue weighted by Crippen LogP contribution is -2.54. The highest BCUT2D eigenvalue weighted by Crippen LogP contribution is 2.34. The number of amides is 1. The molecule has 2 atom stereocenters. The molecule has 3 heterocycles. The number of nitrogens with zero attached hydrogens (tertiary/aromatic N) is 4. The highest BCUT2D eigenvalue weighted by atomic mass is 19.4. The van der Waals surface area contributed by atoms with Crippen molar-refractivity contribution in [1.29, 1.82) is 0 Å². The van der Waals surface area contributed by atoms with Crippen LogP contribution in [0.25, 0.3) is 0 Å². The molecular weight excluding hydrogens is 341 g/mol. The van der Waals surface area contributed by atoms with Gasteiger partial charge in [-0.1, -0.05) is 0 Å². The minimum absolute atomic E-state index is 0.0727. The smallest absolute Gasteiger partial charge is 0.377 e. The maximum absolute atomic E-state index is 13.3. The number of anilines is 2. The third-order valence-electron chi connectivity index (χ3n) is 4.51. The summed E-state index contributed by atoms with van der Waals surface area (Å²) in [4.78, 5) is 31.0. The number of ether oxygens (including phenoxy) is 1. The first-order chi connectivity index (χ1) is 11.7. The molecule has 2 aliphatic heterocycles. The molecule has 138 valence electrons. The van der Waals surface area contributed by atoms with Crippen LogP contribution in [0.1, 0.15) is 20.3 Å². The van der Waals surface area contributed by atoms with Crippen LogP contribution in [0.2, 0.25) is 0 Å². The predicted molar refractivity (Wildman–Crippen MR) is 83.7 cm³/mol. The van der Waals surface area contributed by atoms with Crippen molar-refractivity contribution in [3.8, 4) is 0 Å². The lowest BCUT2D eigenvalue weighted by atomic mass is 10.1. The molecule has 0 aromatic carbocycles. The van der Waals surface area contributed by atoms with Gasteiger partial charge in [-0.3, -0.25) is 19.1 Å². The number of hydrogen-bond acceptors (Lipinski definition) is 5. The van der Waals surface area contributed by atoms with E-state index in [1.807, 2.05) is 6.92 Å². The maximum Gasteiger partial charge on any atom is 0.409 e. The second-order valence-corrected chi connectivity index (χ2v) is 6.26. The van der Waals surface area contributed by atoms with Gasteiger partial charge in [-0.2, -0.15) is 18.2 Å². The van der Waals surface area contributed by atoms with Gasteiger partial charge in [0.05, 0.1) is 19.3 Å². The van der Waals surface area contributed by atoms with Gasteiger partial charge < -0.3 is 9.64 Å². The van der Waals surface area contributed by atoms with E-state index in [0.717, 1.165) is 11.5 Å². The van der Waals surface area contributed by atoms with Crippen LogP contribution in [0.3, 0.4) is 0 Å². The maximum atomic E-state index is 13.3. The van der Waals surface area contributed by atoms with Gasteiger partial charge in [-0.25, -0.2) is 0 Å². The molecule has 0 aliphatic carbocycles. The van der Waals surface area contributed by atoms with Crippen LogP contribution in [0.15, 0.2) is 10.9 Å². The standard InChI is InChI=1S/C15H19F3N4O3/c1-9-8-25-6-5-20(9)12-7-13(24)21-4-3-11(15(16,17)18)22(10(2)23)14(21)19-12/h7,9,11H,3-6,8H2,1-2H3. The Hall–Kier alpha value is -2.10. The number of rotatable bonds is 1. The van der Waals surface area contributed by atoms with Crippen molar-refractivity contribution in [3.05, 3.63) is 16.4 Å². The molecule has 3 rings (SSSR count). The summed E-state index contributed by atoms with van der Waals surface area (Å²) >= 11 is 0. The number of alkyl halides is 3. The fraction of sp³-hybridized carbons (Fsp3) is 0.667. The van der Waals surface area contributed by atoms with Crippen molar-refractivity contribution in [2.24, 2.45) is 0 Å². The minimum Gasteiger partial charge on any atom is -0.377 e. The van der Waals surface area contributed by atoms with Gasteiger partial charge >= 0.3 is 6.18 Å². The fourth-order valence-corrected chi connectivity index (χ4v) is 3.28. The molecule has 0 bridgehead atoms. The summed E-state index contributed by atoms with van der Waals surface area (Å²) in [5.74, 6) is -0.779. The van der Waals surface area contributed by atoms with Crippen molar-refractivity contribution in [3.63, 3.8) is 0 Å². The van der Waals surface area contributed by atoms with Crippen molar-refractivity contribution < 1.29 is 22.7 Å². The summed E-state index contributed by atoms with van der Waals surface area (Å²) in [6.45, 7) is 4.13. The first-order valence-corrected chi connectivity index (χ1v) is 8.03. The average molecular weight is 360 g/mol. The van der Waals surface area contributed by atoms with E-state index in [2.05, 4.69) is 4.98 Å². The quantitative estimate of drug-likeness (QED) is 0.752. The Labute approximate surface area is 142 Å². The number of carbonyl (C=O) groups excluding carboxylic acids is 1. The van der Waals surface area contributed by atoms with Crippen molar-refractivity contribution in [1.82, 2.24) is 9.55 Å². The summed E-state index contributed by atoms with van der Waals surface area (Å²) in [6, 6.07) is -0.747. The molecule has 1 amide bonds. The number of fused-ring (bicyclic) bond motifs is 1. The first kappa shape index (κ1) is 17.7. The molecule has 7 nitrogen and oxygen atoms in total. The van der Waals surface area contributed by atoms with E-state index in [4.69, 9.17) is 4.74 Å². The lowest BCUT2D eigenvalue weighted by molar-refractivity contribution is -0.157. The second-order valence-electron chi connectivity index (χ2n) is 6.26. The normalized spacial score (nSPS) is 24.2. The van der Waals surface area contributed by atoms with Gasteiger partial charge in [-0.15, -0.1) is 0 Å². The summed E-state index contributed by atoms with van der Waals surface area (Å²) in [6.07, 6.45) is -4.96. The zero-order valence-corrected chi connectivity index (χ0v) is 13.9. The molecule has 1 fully saturated rings. The zero-order chi connectivity index (χ0) is 18.4. The Balaban J connectivity index is 2.09. The van der Waals surface area contributed by atoms with Gasteiger partial charge in [-0.05, 0) is 13.3 Å². The molecule has 0 radical (unpaired) electrons. The van der Waals surface area contributed by atoms with Crippen LogP contribution >= 0.6 is 0 Å². The second kappa shape index (κ2) is 6.32. The number of halogens is 3. The Kier molecular flexibility index (Phi) is 4.48. The summed E-state index contributed by atoms with van der Waals surface area (Å²) < 4.78 is 46.4. The third kappa shape index (κ3) is 3.22. The lowest BCUT2D eigenvalue weighted by Gasteiger charge is -2.38. The number of aromatic nitrogens is 2. The van der Waals surface area contributed by atoms with Crippen LogP contribution in [0.5, 0.6) is 0 Å². The Morgan fingerprint density at radius 1 is 1.36 bits per heavy atom. The molecule has 10 heteroatoms. The first-order valence-electron chi connectivity index (χ1n) is 8.03. The Bertz CT molecular complexity index is 734. The molecule has 0 saturated carbocycles. The number of carbonyl (C=O) groups is 1. The Morgan fingerprint density at radius 2 is 2.08 bits per heavy atom. The van der Waals surface area contributed by atoms with E-state index in [-0.39, 0.29) is 30.8 Å². The topological polar surface area (TPSA) is 67.7 Å². The molecule has 2 aliphatic rings. The summed E-state index contributed by atoms with van der Waals surface area (Å²) in [5.41, 5.74) is -0.467. The van der Waals surface area contributed by atoms with Gasteiger partial charge in [0, 0.05) is 26.1 Å². The van der Waals surface area contributed by atoms with Crippen LogP contribution in [0.4, 0.5) is 24.9 Å². The van der Waals surface area contributed by atoms with E-state index in [1.165, 1.54) is 6.07 Å². The van der Waals surface area contributed by atoms with E-state index in [9.17, 15) is 22.8 Å². The van der Waals surface area contributed by atoms with Crippen LogP contribution in [-0.4, -0.2) is 53.5 Å². The van der Waals surface area contributed by atoms with Crippen molar-refractivity contribution in [2.45, 2.75) is 45.1 Å². The Morgan fingerprint density at radius 3 is 2.68 bits per heavy atom. The summed E-state index contributed by atoms with van der Waals surface area (Å²) in [5, 5.41) is 0. The van der Waals surface area contributed by atoms with Crippen molar-refractivity contribution in [2.75, 3.05) is 29.6 Å². The van der Waals surface area contributed by atoms with E-state index >= 15 is 0 Å². The molecule has 1 saturated heterocycles. The molecule has 25 heavy (non-hydrogen) atoms. The molecular formula is C15H19F3N4O3. The van der Waals surface area contributed by atoms with Gasteiger partial charge in [0.2, 0.25) is 11.9 Å².